The summed E-state index contributed by atoms with van der Waals surface area (Å²) in [4.78, 5) is 26.8. The number of hydrogen-bond donors (Lipinski definition) is 3. The lowest BCUT2D eigenvalue weighted by atomic mass is 10.3. The number of benzene rings is 1. The zero-order chi connectivity index (χ0) is 13.9. The summed E-state index contributed by atoms with van der Waals surface area (Å²) in [5, 5.41) is 4.08. The monoisotopic (exact) mass is 286 g/mol. The predicted molar refractivity (Wildman–Crippen MR) is 77.0 cm³/mol. The second kappa shape index (κ2) is 5.10. The Morgan fingerprint density at radius 3 is 3.00 bits per heavy atom. The molecule has 100 valence electrons. The average molecular weight is 286 g/mol. The van der Waals surface area contributed by atoms with Gasteiger partial charge in [0.1, 0.15) is 5.69 Å². The number of guanidine groups is 1. The van der Waals surface area contributed by atoms with Crippen LogP contribution in [0, 0.1) is 0 Å². The van der Waals surface area contributed by atoms with E-state index >= 15 is 0 Å². The van der Waals surface area contributed by atoms with Gasteiger partial charge in [-0.25, -0.2) is 9.97 Å². The molecule has 0 aliphatic carbocycles. The molecule has 1 amide bonds. The molecule has 20 heavy (non-hydrogen) atoms. The lowest BCUT2D eigenvalue weighted by Crippen LogP contribution is -2.36. The van der Waals surface area contributed by atoms with Crippen LogP contribution in [0.4, 0.5) is 5.95 Å². The molecule has 0 saturated heterocycles. The lowest BCUT2D eigenvalue weighted by Gasteiger charge is -2.00. The number of rotatable bonds is 2. The molecule has 2 heterocycles. The Morgan fingerprint density at radius 1 is 1.40 bits per heavy atom. The van der Waals surface area contributed by atoms with Crippen LogP contribution in [0.15, 0.2) is 40.1 Å². The van der Waals surface area contributed by atoms with Gasteiger partial charge in [-0.2, -0.15) is 4.99 Å². The van der Waals surface area contributed by atoms with Crippen LogP contribution in [0.1, 0.15) is 10.5 Å². The highest BCUT2D eigenvalue weighted by Crippen LogP contribution is 2.15. The summed E-state index contributed by atoms with van der Waals surface area (Å²) in [6.45, 7) is 0. The van der Waals surface area contributed by atoms with E-state index in [-0.39, 0.29) is 5.96 Å². The predicted octanol–water partition coefficient (Wildman–Crippen LogP) is 1.40. The third kappa shape index (κ3) is 2.50. The number of carbonyl (C=O) groups excluding carboxylic acids is 1. The molecule has 4 N–H and O–H groups in total. The number of carbonyl (C=O) groups is 1. The lowest BCUT2D eigenvalue weighted by molar-refractivity contribution is 0.0972. The van der Waals surface area contributed by atoms with Crippen molar-refractivity contribution < 1.29 is 4.79 Å². The van der Waals surface area contributed by atoms with Crippen molar-refractivity contribution in [3.63, 3.8) is 0 Å². The van der Waals surface area contributed by atoms with Crippen LogP contribution in [0.5, 0.6) is 0 Å². The summed E-state index contributed by atoms with van der Waals surface area (Å²) in [7, 11) is 0. The standard InChI is InChI=1S/C12H10N6OS/c13-11(17-10(19)9-5-20-6-14-9)18-12-15-7-3-1-2-4-8(7)16-12/h1-6H,(H4,13,15,16,17,18,19). The fraction of sp³-hybridized carbons (Fsp3) is 0. The first-order valence-electron chi connectivity index (χ1n) is 5.71. The van der Waals surface area contributed by atoms with Gasteiger partial charge in [-0.3, -0.25) is 10.1 Å². The number of aromatic nitrogens is 3. The zero-order valence-electron chi connectivity index (χ0n) is 10.2. The molecule has 1 aromatic carbocycles. The molecule has 0 saturated carbocycles. The van der Waals surface area contributed by atoms with Crippen molar-refractivity contribution in [2.45, 2.75) is 0 Å². The van der Waals surface area contributed by atoms with Gasteiger partial charge in [0.25, 0.3) is 5.91 Å². The first-order chi connectivity index (χ1) is 9.72. The molecule has 0 radical (unpaired) electrons. The highest BCUT2D eigenvalue weighted by molar-refractivity contribution is 7.07. The highest BCUT2D eigenvalue weighted by Gasteiger charge is 2.09. The molecule has 0 bridgehead atoms. The van der Waals surface area contributed by atoms with E-state index in [0.29, 0.717) is 11.6 Å². The largest absolute Gasteiger partial charge is 0.369 e. The molecular formula is C12H10N6OS. The van der Waals surface area contributed by atoms with Crippen molar-refractivity contribution in [2.24, 2.45) is 10.7 Å². The van der Waals surface area contributed by atoms with E-state index < -0.39 is 5.91 Å². The SMILES string of the molecule is NC(=Nc1nc2ccccc2[nH]1)NC(=O)c1cscn1. The van der Waals surface area contributed by atoms with Gasteiger partial charge >= 0.3 is 0 Å². The second-order valence-electron chi connectivity index (χ2n) is 3.90. The maximum absolute atomic E-state index is 11.7. The number of nitrogens with one attached hydrogen (secondary N) is 2. The highest BCUT2D eigenvalue weighted by atomic mass is 32.1. The molecule has 2 aromatic heterocycles. The van der Waals surface area contributed by atoms with E-state index in [2.05, 4.69) is 25.3 Å². The molecule has 8 heteroatoms. The average Bonchev–Trinajstić information content (AvgIpc) is 3.07. The Bertz CT molecular complexity index is 743. The van der Waals surface area contributed by atoms with Crippen LogP contribution in [0.25, 0.3) is 11.0 Å². The molecule has 7 nitrogen and oxygen atoms in total. The third-order valence-electron chi connectivity index (χ3n) is 2.51. The van der Waals surface area contributed by atoms with Crippen molar-refractivity contribution >= 4 is 40.2 Å². The smallest absolute Gasteiger partial charge is 0.277 e. The molecule has 3 aromatic rings. The van der Waals surface area contributed by atoms with Crippen molar-refractivity contribution in [3.05, 3.63) is 40.8 Å². The molecule has 0 aliphatic heterocycles. The Morgan fingerprint density at radius 2 is 2.25 bits per heavy atom. The van der Waals surface area contributed by atoms with E-state index in [0.717, 1.165) is 11.0 Å². The van der Waals surface area contributed by atoms with Gasteiger partial charge in [0, 0.05) is 5.38 Å². The molecule has 0 spiro atoms. The third-order valence-corrected chi connectivity index (χ3v) is 3.10. The molecule has 3 rings (SSSR count). The number of aromatic amines is 1. The molecular weight excluding hydrogens is 276 g/mol. The number of H-pyrrole nitrogens is 1. The maximum atomic E-state index is 11.7. The fourth-order valence-electron chi connectivity index (χ4n) is 1.64. The summed E-state index contributed by atoms with van der Waals surface area (Å²) < 4.78 is 0. The summed E-state index contributed by atoms with van der Waals surface area (Å²) in [5.74, 6) is -0.104. The van der Waals surface area contributed by atoms with Gasteiger partial charge in [0.15, 0.2) is 0 Å². The van der Waals surface area contributed by atoms with Crippen LogP contribution in [0.2, 0.25) is 0 Å². The first-order valence-corrected chi connectivity index (χ1v) is 6.65. The number of nitrogens with zero attached hydrogens (tertiary/aromatic N) is 3. The summed E-state index contributed by atoms with van der Waals surface area (Å²) in [6.07, 6.45) is 0. The van der Waals surface area contributed by atoms with Gasteiger partial charge in [-0.1, -0.05) is 12.1 Å². The number of thiazole rings is 1. The number of nitrogens with two attached hydrogens (primary N) is 1. The Hall–Kier alpha value is -2.74. The van der Waals surface area contributed by atoms with E-state index in [1.165, 1.54) is 11.3 Å². The topological polar surface area (TPSA) is 109 Å². The summed E-state index contributed by atoms with van der Waals surface area (Å²) in [5.41, 5.74) is 9.18. The number of amides is 1. The Labute approximate surface area is 117 Å². The van der Waals surface area contributed by atoms with E-state index in [9.17, 15) is 4.79 Å². The van der Waals surface area contributed by atoms with Crippen molar-refractivity contribution in [1.82, 2.24) is 20.3 Å². The number of para-hydroxylation sites is 2. The Balaban J connectivity index is 1.79. The van der Waals surface area contributed by atoms with Gasteiger partial charge < -0.3 is 10.7 Å². The minimum absolute atomic E-state index is 0.0398. The van der Waals surface area contributed by atoms with Crippen LogP contribution >= 0.6 is 11.3 Å². The van der Waals surface area contributed by atoms with E-state index in [4.69, 9.17) is 5.73 Å². The maximum Gasteiger partial charge on any atom is 0.277 e. The molecule has 0 unspecified atom stereocenters. The number of fused-ring (bicyclic) bond motifs is 1. The minimum atomic E-state index is -0.399. The quantitative estimate of drug-likeness (QED) is 0.488. The Kier molecular flexibility index (Phi) is 3.13. The van der Waals surface area contributed by atoms with E-state index in [1.54, 1.807) is 10.9 Å². The normalized spacial score (nSPS) is 11.7. The van der Waals surface area contributed by atoms with Crippen molar-refractivity contribution in [1.29, 1.82) is 0 Å². The van der Waals surface area contributed by atoms with Crippen LogP contribution in [-0.2, 0) is 0 Å². The van der Waals surface area contributed by atoms with Gasteiger partial charge in [-0.05, 0) is 12.1 Å². The summed E-state index contributed by atoms with van der Waals surface area (Å²) in [6, 6.07) is 7.51. The molecule has 0 fully saturated rings. The van der Waals surface area contributed by atoms with Gasteiger partial charge in [-0.15, -0.1) is 11.3 Å². The molecule has 0 aliphatic rings. The number of hydrogen-bond acceptors (Lipinski definition) is 5. The van der Waals surface area contributed by atoms with Crippen LogP contribution in [-0.4, -0.2) is 26.8 Å². The van der Waals surface area contributed by atoms with Gasteiger partial charge in [0.2, 0.25) is 11.9 Å². The van der Waals surface area contributed by atoms with Crippen LogP contribution in [0.3, 0.4) is 0 Å². The number of imidazole rings is 1. The zero-order valence-corrected chi connectivity index (χ0v) is 11.0. The van der Waals surface area contributed by atoms with Crippen LogP contribution < -0.4 is 11.1 Å². The minimum Gasteiger partial charge on any atom is -0.369 e. The van der Waals surface area contributed by atoms with Crippen molar-refractivity contribution in [3.8, 4) is 0 Å². The fourth-order valence-corrected chi connectivity index (χ4v) is 2.17. The van der Waals surface area contributed by atoms with Crippen molar-refractivity contribution in [2.75, 3.05) is 0 Å². The number of aliphatic imine (C=N–C) groups is 1. The van der Waals surface area contributed by atoms with Gasteiger partial charge in [0.05, 0.1) is 16.5 Å². The molecule has 0 atom stereocenters. The summed E-state index contributed by atoms with van der Waals surface area (Å²) >= 11 is 1.33. The second-order valence-corrected chi connectivity index (χ2v) is 4.62. The van der Waals surface area contributed by atoms with E-state index in [1.807, 2.05) is 24.3 Å². The first kappa shape index (κ1) is 12.3.